The van der Waals surface area contributed by atoms with Crippen molar-refractivity contribution in [2.45, 2.75) is 39.0 Å². The standard InChI is InChI=1S/C20H30N4O.HI/c1-3-21-20(22-14-17-6-8-18(9-7-17)16(2)25)24-13-10-19(15-24)23-11-4-5-12-23;/h4-9,16,19,25H,3,10-15H2,1-2H3,(H,21,22);1H. The lowest BCUT2D eigenvalue weighted by Gasteiger charge is -2.25. The Bertz CT molecular complexity index is 607. The maximum Gasteiger partial charge on any atom is 0.194 e. The number of rotatable bonds is 5. The van der Waals surface area contributed by atoms with Crippen molar-refractivity contribution in [1.29, 1.82) is 0 Å². The summed E-state index contributed by atoms with van der Waals surface area (Å²) in [7, 11) is 0. The summed E-state index contributed by atoms with van der Waals surface area (Å²) in [5.74, 6) is 1.01. The lowest BCUT2D eigenvalue weighted by molar-refractivity contribution is 0.199. The summed E-state index contributed by atoms with van der Waals surface area (Å²) < 4.78 is 0. The summed E-state index contributed by atoms with van der Waals surface area (Å²) >= 11 is 0. The molecule has 2 atom stereocenters. The van der Waals surface area contributed by atoms with E-state index >= 15 is 0 Å². The van der Waals surface area contributed by atoms with Gasteiger partial charge in [-0.3, -0.25) is 4.90 Å². The van der Waals surface area contributed by atoms with E-state index in [4.69, 9.17) is 4.99 Å². The van der Waals surface area contributed by atoms with Gasteiger partial charge in [-0.05, 0) is 31.4 Å². The van der Waals surface area contributed by atoms with Gasteiger partial charge < -0.3 is 15.3 Å². The molecule has 0 saturated carbocycles. The number of halogens is 1. The Morgan fingerprint density at radius 2 is 1.96 bits per heavy atom. The van der Waals surface area contributed by atoms with E-state index < -0.39 is 6.10 Å². The van der Waals surface area contributed by atoms with Crippen molar-refractivity contribution in [3.63, 3.8) is 0 Å². The Kier molecular flexibility index (Phi) is 8.37. The smallest absolute Gasteiger partial charge is 0.194 e. The largest absolute Gasteiger partial charge is 0.389 e. The minimum atomic E-state index is -0.420. The van der Waals surface area contributed by atoms with Crippen LogP contribution in [0.4, 0.5) is 0 Å². The van der Waals surface area contributed by atoms with E-state index in [2.05, 4.69) is 46.3 Å². The lowest BCUT2D eigenvalue weighted by atomic mass is 10.1. The molecule has 0 aromatic heterocycles. The molecule has 0 amide bonds. The van der Waals surface area contributed by atoms with Crippen LogP contribution in [0.5, 0.6) is 0 Å². The molecule has 1 aromatic carbocycles. The third kappa shape index (κ3) is 5.44. The molecule has 1 saturated heterocycles. The normalized spacial score (nSPS) is 21.7. The van der Waals surface area contributed by atoms with Gasteiger partial charge in [0.2, 0.25) is 0 Å². The van der Waals surface area contributed by atoms with Crippen molar-refractivity contribution in [2.75, 3.05) is 32.7 Å². The van der Waals surface area contributed by atoms with E-state index in [0.717, 1.165) is 44.2 Å². The molecule has 5 nitrogen and oxygen atoms in total. The number of guanidine groups is 1. The summed E-state index contributed by atoms with van der Waals surface area (Å²) in [5, 5.41) is 13.0. The van der Waals surface area contributed by atoms with E-state index in [1.807, 2.05) is 12.1 Å². The average Bonchev–Trinajstić information content (AvgIpc) is 3.30. The predicted octanol–water partition coefficient (Wildman–Crippen LogP) is 2.77. The molecular weight excluding hydrogens is 439 g/mol. The van der Waals surface area contributed by atoms with Crippen LogP contribution >= 0.6 is 24.0 Å². The van der Waals surface area contributed by atoms with Gasteiger partial charge in [0.1, 0.15) is 0 Å². The summed E-state index contributed by atoms with van der Waals surface area (Å²) in [5.41, 5.74) is 2.11. The first-order chi connectivity index (χ1) is 12.2. The molecule has 1 fully saturated rings. The molecule has 0 aliphatic carbocycles. The highest BCUT2D eigenvalue weighted by molar-refractivity contribution is 14.0. The van der Waals surface area contributed by atoms with Gasteiger partial charge in [-0.2, -0.15) is 0 Å². The quantitative estimate of drug-likeness (QED) is 0.301. The van der Waals surface area contributed by atoms with Crippen molar-refractivity contribution >= 4 is 29.9 Å². The number of hydrogen-bond acceptors (Lipinski definition) is 3. The third-order valence-electron chi connectivity index (χ3n) is 5.03. The Morgan fingerprint density at radius 3 is 2.58 bits per heavy atom. The van der Waals surface area contributed by atoms with Gasteiger partial charge in [0, 0.05) is 38.8 Å². The SMILES string of the molecule is CCNC(=NCc1ccc(C(C)O)cc1)N1CCC(N2CC=CC2)C1.I. The molecule has 144 valence electrons. The number of nitrogens with one attached hydrogen (secondary N) is 1. The molecular formula is C20H31IN4O. The predicted molar refractivity (Wildman–Crippen MR) is 118 cm³/mol. The van der Waals surface area contributed by atoms with Crippen LogP contribution in [0.25, 0.3) is 0 Å². The number of nitrogens with zero attached hydrogens (tertiary/aromatic N) is 3. The van der Waals surface area contributed by atoms with Crippen molar-refractivity contribution < 1.29 is 5.11 Å². The molecule has 0 bridgehead atoms. The summed E-state index contributed by atoms with van der Waals surface area (Å²) in [4.78, 5) is 9.76. The average molecular weight is 470 g/mol. The van der Waals surface area contributed by atoms with Gasteiger partial charge in [-0.25, -0.2) is 4.99 Å². The number of aliphatic imine (C=N–C) groups is 1. The highest BCUT2D eigenvalue weighted by Gasteiger charge is 2.29. The number of benzene rings is 1. The van der Waals surface area contributed by atoms with Crippen molar-refractivity contribution in [1.82, 2.24) is 15.1 Å². The van der Waals surface area contributed by atoms with Crippen molar-refractivity contribution in [2.24, 2.45) is 4.99 Å². The van der Waals surface area contributed by atoms with E-state index in [-0.39, 0.29) is 24.0 Å². The fourth-order valence-corrected chi connectivity index (χ4v) is 3.52. The number of aliphatic hydroxyl groups is 1. The highest BCUT2D eigenvalue weighted by Crippen LogP contribution is 2.18. The maximum atomic E-state index is 9.61. The molecule has 2 aliphatic heterocycles. The second-order valence-corrected chi connectivity index (χ2v) is 6.90. The van der Waals surface area contributed by atoms with Gasteiger partial charge >= 0.3 is 0 Å². The Labute approximate surface area is 174 Å². The zero-order valence-electron chi connectivity index (χ0n) is 15.8. The Balaban J connectivity index is 0.00000243. The fraction of sp³-hybridized carbons (Fsp3) is 0.550. The van der Waals surface area contributed by atoms with Crippen LogP contribution in [0.2, 0.25) is 0 Å². The zero-order chi connectivity index (χ0) is 17.6. The summed E-state index contributed by atoms with van der Waals surface area (Å²) in [6.45, 7) is 9.73. The molecule has 2 aliphatic rings. The second-order valence-electron chi connectivity index (χ2n) is 6.90. The molecule has 3 rings (SSSR count). The van der Waals surface area contributed by atoms with Crippen molar-refractivity contribution in [3.05, 3.63) is 47.5 Å². The van der Waals surface area contributed by atoms with Crippen LogP contribution < -0.4 is 5.32 Å². The Hall–Kier alpha value is -1.12. The fourth-order valence-electron chi connectivity index (χ4n) is 3.52. The molecule has 2 N–H and O–H groups in total. The van der Waals surface area contributed by atoms with E-state index in [1.54, 1.807) is 6.92 Å². The molecule has 26 heavy (non-hydrogen) atoms. The maximum absolute atomic E-state index is 9.61. The summed E-state index contributed by atoms with van der Waals surface area (Å²) in [6.07, 6.45) is 5.31. The van der Waals surface area contributed by atoms with Crippen LogP contribution in [-0.2, 0) is 6.54 Å². The topological polar surface area (TPSA) is 51.1 Å². The van der Waals surface area contributed by atoms with Crippen LogP contribution in [-0.4, -0.2) is 59.6 Å². The first kappa shape index (κ1) is 21.2. The van der Waals surface area contributed by atoms with Gasteiger partial charge in [0.05, 0.1) is 12.6 Å². The number of hydrogen-bond donors (Lipinski definition) is 2. The molecule has 2 heterocycles. The minimum absolute atomic E-state index is 0. The molecule has 0 spiro atoms. The lowest BCUT2D eigenvalue weighted by Crippen LogP contribution is -2.42. The van der Waals surface area contributed by atoms with Gasteiger partial charge in [0.25, 0.3) is 0 Å². The third-order valence-corrected chi connectivity index (χ3v) is 5.03. The number of likely N-dealkylation sites (tertiary alicyclic amines) is 1. The summed E-state index contributed by atoms with van der Waals surface area (Å²) in [6, 6.07) is 8.70. The van der Waals surface area contributed by atoms with E-state index in [1.165, 1.54) is 12.0 Å². The van der Waals surface area contributed by atoms with Crippen LogP contribution in [0.3, 0.4) is 0 Å². The van der Waals surface area contributed by atoms with E-state index in [0.29, 0.717) is 12.6 Å². The van der Waals surface area contributed by atoms with Gasteiger partial charge in [-0.15, -0.1) is 24.0 Å². The van der Waals surface area contributed by atoms with E-state index in [9.17, 15) is 5.11 Å². The monoisotopic (exact) mass is 470 g/mol. The first-order valence-electron chi connectivity index (χ1n) is 9.36. The molecule has 6 heteroatoms. The van der Waals surface area contributed by atoms with Crippen molar-refractivity contribution in [3.8, 4) is 0 Å². The zero-order valence-corrected chi connectivity index (χ0v) is 18.1. The van der Waals surface area contributed by atoms with Gasteiger partial charge in [0.15, 0.2) is 5.96 Å². The van der Waals surface area contributed by atoms with Crippen LogP contribution in [0, 0.1) is 0 Å². The van der Waals surface area contributed by atoms with Crippen LogP contribution in [0.1, 0.15) is 37.5 Å². The first-order valence-corrected chi connectivity index (χ1v) is 9.36. The Morgan fingerprint density at radius 1 is 1.27 bits per heavy atom. The second kappa shape index (κ2) is 10.3. The number of aliphatic hydroxyl groups excluding tert-OH is 1. The minimum Gasteiger partial charge on any atom is -0.389 e. The van der Waals surface area contributed by atoms with Gasteiger partial charge in [-0.1, -0.05) is 36.4 Å². The van der Waals surface area contributed by atoms with Crippen LogP contribution in [0.15, 0.2) is 41.4 Å². The molecule has 2 unspecified atom stereocenters. The molecule has 0 radical (unpaired) electrons. The molecule has 1 aromatic rings. The highest BCUT2D eigenvalue weighted by atomic mass is 127.